The van der Waals surface area contributed by atoms with Crippen LogP contribution in [0.5, 0.6) is 11.5 Å². The fourth-order valence-electron chi connectivity index (χ4n) is 4.88. The highest BCUT2D eigenvalue weighted by atomic mass is 35.5. The van der Waals surface area contributed by atoms with Crippen molar-refractivity contribution in [3.05, 3.63) is 23.6 Å². The zero-order valence-corrected chi connectivity index (χ0v) is 17.8. The molecule has 6 nitrogen and oxygen atoms in total. The molecule has 2 saturated carbocycles. The summed E-state index contributed by atoms with van der Waals surface area (Å²) in [5, 5.41) is 5.65. The largest absolute Gasteiger partial charge is 0.486 e. The lowest BCUT2D eigenvalue weighted by atomic mass is 9.65. The molecule has 2 heterocycles. The summed E-state index contributed by atoms with van der Waals surface area (Å²) in [6, 6.07) is 6.10. The third-order valence-corrected chi connectivity index (χ3v) is 7.11. The van der Waals surface area contributed by atoms with Crippen molar-refractivity contribution < 1.29 is 14.3 Å². The molecule has 2 unspecified atom stereocenters. The van der Waals surface area contributed by atoms with Gasteiger partial charge in [-0.05, 0) is 55.7 Å². The van der Waals surface area contributed by atoms with Crippen LogP contribution in [0.2, 0.25) is 0 Å². The lowest BCUT2D eigenvalue weighted by Gasteiger charge is -2.43. The van der Waals surface area contributed by atoms with E-state index in [4.69, 9.17) is 15.2 Å². The van der Waals surface area contributed by atoms with Crippen molar-refractivity contribution in [2.45, 2.75) is 38.1 Å². The SMILES string of the molecule is Cl.NC1C2CCCC1CC(C(=O)Nc1nc(-c3ccc4c(c3)OCCO4)cs1)C2. The molecule has 2 aromatic rings. The molecule has 1 aromatic carbocycles. The number of halogens is 1. The number of nitrogens with zero attached hydrogens (tertiary/aromatic N) is 1. The summed E-state index contributed by atoms with van der Waals surface area (Å²) in [6.45, 7) is 1.13. The minimum atomic E-state index is 0. The van der Waals surface area contributed by atoms with Crippen LogP contribution in [0.3, 0.4) is 0 Å². The van der Waals surface area contributed by atoms with Gasteiger partial charge in [0.05, 0.1) is 5.69 Å². The molecule has 2 atom stereocenters. The summed E-state index contributed by atoms with van der Waals surface area (Å²) in [5.74, 6) is 2.64. The van der Waals surface area contributed by atoms with Crippen LogP contribution in [-0.4, -0.2) is 30.1 Å². The second-order valence-electron chi connectivity index (χ2n) is 8.08. The molecule has 0 radical (unpaired) electrons. The molecular formula is C21H26ClN3O3S. The lowest BCUT2D eigenvalue weighted by Crippen LogP contribution is -2.48. The molecule has 29 heavy (non-hydrogen) atoms. The molecule has 0 saturated heterocycles. The van der Waals surface area contributed by atoms with Crippen LogP contribution in [0.25, 0.3) is 11.3 Å². The van der Waals surface area contributed by atoms with Crippen LogP contribution in [0.1, 0.15) is 32.1 Å². The number of aromatic nitrogens is 1. The van der Waals surface area contributed by atoms with Crippen molar-refractivity contribution in [1.29, 1.82) is 0 Å². The number of nitrogens with one attached hydrogen (secondary N) is 1. The predicted octanol–water partition coefficient (Wildman–Crippen LogP) is 4.10. The summed E-state index contributed by atoms with van der Waals surface area (Å²) in [6.07, 6.45) is 5.39. The zero-order chi connectivity index (χ0) is 19.1. The quantitative estimate of drug-likeness (QED) is 0.758. The Morgan fingerprint density at radius 3 is 2.62 bits per heavy atom. The molecule has 5 rings (SSSR count). The normalized spacial score (nSPS) is 27.6. The van der Waals surface area contributed by atoms with Gasteiger partial charge >= 0.3 is 0 Å². The maximum atomic E-state index is 12.8. The molecule has 2 aliphatic carbocycles. The number of carbonyl (C=O) groups excluding carboxylic acids is 1. The van der Waals surface area contributed by atoms with E-state index in [1.807, 2.05) is 23.6 Å². The first-order valence-corrected chi connectivity index (χ1v) is 11.0. The van der Waals surface area contributed by atoms with Crippen molar-refractivity contribution in [2.24, 2.45) is 23.5 Å². The molecule has 0 spiro atoms. The first-order chi connectivity index (χ1) is 13.7. The van der Waals surface area contributed by atoms with E-state index in [1.165, 1.54) is 17.8 Å². The first-order valence-electron chi connectivity index (χ1n) is 10.1. The van der Waals surface area contributed by atoms with Gasteiger partial charge < -0.3 is 20.5 Å². The highest BCUT2D eigenvalue weighted by Crippen LogP contribution is 2.42. The second-order valence-corrected chi connectivity index (χ2v) is 8.94. The average Bonchev–Trinajstić information content (AvgIpc) is 3.16. The van der Waals surface area contributed by atoms with Gasteiger partial charge in [-0.1, -0.05) is 6.42 Å². The van der Waals surface area contributed by atoms with Gasteiger partial charge in [-0.3, -0.25) is 4.79 Å². The van der Waals surface area contributed by atoms with Crippen LogP contribution in [0.4, 0.5) is 5.13 Å². The van der Waals surface area contributed by atoms with E-state index >= 15 is 0 Å². The van der Waals surface area contributed by atoms with Gasteiger partial charge in [-0.25, -0.2) is 4.98 Å². The number of nitrogens with two attached hydrogens (primary N) is 1. The maximum Gasteiger partial charge on any atom is 0.229 e. The number of benzene rings is 1. The van der Waals surface area contributed by atoms with E-state index in [2.05, 4.69) is 10.3 Å². The number of fused-ring (bicyclic) bond motifs is 3. The molecule has 8 heteroatoms. The minimum Gasteiger partial charge on any atom is -0.486 e. The fourth-order valence-corrected chi connectivity index (χ4v) is 5.60. The Kier molecular flexibility index (Phi) is 5.99. The number of hydrogen-bond donors (Lipinski definition) is 2. The summed E-state index contributed by atoms with van der Waals surface area (Å²) in [4.78, 5) is 17.4. The minimum absolute atomic E-state index is 0. The average molecular weight is 436 g/mol. The van der Waals surface area contributed by atoms with Crippen LogP contribution >= 0.6 is 23.7 Å². The maximum absolute atomic E-state index is 12.8. The Bertz CT molecular complexity index is 876. The molecule has 1 amide bonds. The highest BCUT2D eigenvalue weighted by Gasteiger charge is 2.40. The summed E-state index contributed by atoms with van der Waals surface area (Å²) in [7, 11) is 0. The van der Waals surface area contributed by atoms with Gasteiger partial charge in [0.15, 0.2) is 16.6 Å². The Balaban J connectivity index is 0.00000205. The number of carbonyl (C=O) groups is 1. The Morgan fingerprint density at radius 1 is 1.14 bits per heavy atom. The topological polar surface area (TPSA) is 86.5 Å². The molecule has 1 aliphatic heterocycles. The molecule has 2 fully saturated rings. The van der Waals surface area contributed by atoms with Gasteiger partial charge in [0, 0.05) is 22.9 Å². The number of amides is 1. The first kappa shape index (κ1) is 20.4. The summed E-state index contributed by atoms with van der Waals surface area (Å²) >= 11 is 1.46. The van der Waals surface area contributed by atoms with Crippen LogP contribution in [0.15, 0.2) is 23.6 Å². The summed E-state index contributed by atoms with van der Waals surface area (Å²) in [5.41, 5.74) is 8.14. The molecule has 2 bridgehead atoms. The number of ether oxygens (including phenoxy) is 2. The van der Waals surface area contributed by atoms with Gasteiger partial charge in [0.2, 0.25) is 5.91 Å². The van der Waals surface area contributed by atoms with Crippen LogP contribution in [-0.2, 0) is 4.79 Å². The van der Waals surface area contributed by atoms with Crippen molar-refractivity contribution in [1.82, 2.24) is 4.98 Å². The molecule has 156 valence electrons. The standard InChI is InChI=1S/C21H25N3O3S.ClH/c22-19-13-2-1-3-14(19)9-15(8-13)20(25)24-21-23-16(11-28-21)12-4-5-17-18(10-12)27-7-6-26-17;/h4-5,10-11,13-15,19H,1-3,6-9,22H2,(H,23,24,25);1H. The molecule has 3 N–H and O–H groups in total. The van der Waals surface area contributed by atoms with Gasteiger partial charge in [0.1, 0.15) is 13.2 Å². The Morgan fingerprint density at radius 2 is 1.86 bits per heavy atom. The monoisotopic (exact) mass is 435 g/mol. The number of anilines is 1. The predicted molar refractivity (Wildman–Crippen MR) is 116 cm³/mol. The summed E-state index contributed by atoms with van der Waals surface area (Å²) < 4.78 is 11.2. The van der Waals surface area contributed by atoms with E-state index < -0.39 is 0 Å². The van der Waals surface area contributed by atoms with E-state index in [1.54, 1.807) is 0 Å². The number of hydrogen-bond acceptors (Lipinski definition) is 6. The zero-order valence-electron chi connectivity index (χ0n) is 16.1. The second kappa shape index (κ2) is 8.50. The molecular weight excluding hydrogens is 410 g/mol. The third-order valence-electron chi connectivity index (χ3n) is 6.36. The third kappa shape index (κ3) is 4.09. The Hall–Kier alpha value is -1.83. The van der Waals surface area contributed by atoms with E-state index in [9.17, 15) is 4.79 Å². The van der Waals surface area contributed by atoms with Gasteiger partial charge in [-0.15, -0.1) is 23.7 Å². The van der Waals surface area contributed by atoms with Crippen molar-refractivity contribution in [3.63, 3.8) is 0 Å². The molecule has 3 aliphatic rings. The van der Waals surface area contributed by atoms with Gasteiger partial charge in [-0.2, -0.15) is 0 Å². The number of rotatable bonds is 3. The van der Waals surface area contributed by atoms with E-state index in [-0.39, 0.29) is 30.3 Å². The van der Waals surface area contributed by atoms with Crippen LogP contribution < -0.4 is 20.5 Å². The van der Waals surface area contributed by atoms with E-state index in [0.717, 1.165) is 48.4 Å². The highest BCUT2D eigenvalue weighted by molar-refractivity contribution is 7.14. The van der Waals surface area contributed by atoms with Crippen LogP contribution in [0, 0.1) is 17.8 Å². The van der Waals surface area contributed by atoms with E-state index in [0.29, 0.717) is 30.2 Å². The smallest absolute Gasteiger partial charge is 0.229 e. The fraction of sp³-hybridized carbons (Fsp3) is 0.524. The Labute approximate surface area is 180 Å². The van der Waals surface area contributed by atoms with Crippen molar-refractivity contribution in [3.8, 4) is 22.8 Å². The van der Waals surface area contributed by atoms with Crippen molar-refractivity contribution in [2.75, 3.05) is 18.5 Å². The lowest BCUT2D eigenvalue weighted by molar-refractivity contribution is -0.122. The van der Waals surface area contributed by atoms with Gasteiger partial charge in [0.25, 0.3) is 0 Å². The molecule has 1 aromatic heterocycles. The van der Waals surface area contributed by atoms with Crippen molar-refractivity contribution >= 4 is 34.8 Å². The number of thiazole rings is 1.